The molecule has 0 fully saturated rings. The Morgan fingerprint density at radius 1 is 1.15 bits per heavy atom. The van der Waals surface area contributed by atoms with Crippen molar-refractivity contribution in [3.8, 4) is 11.5 Å². The summed E-state index contributed by atoms with van der Waals surface area (Å²) in [5.41, 5.74) is 0.156. The van der Waals surface area contributed by atoms with Crippen LogP contribution in [0.3, 0.4) is 0 Å². The molecule has 0 unspecified atom stereocenters. The highest BCUT2D eigenvalue weighted by Crippen LogP contribution is 2.37. The monoisotopic (exact) mass is 348 g/mol. The Kier molecular flexibility index (Phi) is 3.46. The molecular formula is C15H9BrO3S. The van der Waals surface area contributed by atoms with E-state index in [2.05, 4.69) is 15.9 Å². The van der Waals surface area contributed by atoms with Gasteiger partial charge in [0.1, 0.15) is 17.1 Å². The zero-order chi connectivity index (χ0) is 14.1. The number of carboxylic acid groups (broad SMARTS) is 1. The Labute approximate surface area is 127 Å². The highest BCUT2D eigenvalue weighted by atomic mass is 79.9. The molecule has 5 heteroatoms. The second-order valence-corrected chi connectivity index (χ2v) is 5.97. The van der Waals surface area contributed by atoms with Crippen molar-refractivity contribution in [2.24, 2.45) is 0 Å². The summed E-state index contributed by atoms with van der Waals surface area (Å²) >= 11 is 4.99. The fraction of sp³-hybridized carbons (Fsp3) is 0. The minimum absolute atomic E-state index is 0.156. The number of para-hydroxylation sites is 1. The largest absolute Gasteiger partial charge is 0.478 e. The summed E-state index contributed by atoms with van der Waals surface area (Å²) in [5.74, 6) is 0.0247. The summed E-state index contributed by atoms with van der Waals surface area (Å²) in [4.78, 5) is 11.2. The van der Waals surface area contributed by atoms with Gasteiger partial charge < -0.3 is 9.84 Å². The van der Waals surface area contributed by atoms with Gasteiger partial charge in [-0.1, -0.05) is 28.1 Å². The van der Waals surface area contributed by atoms with Gasteiger partial charge in [0.25, 0.3) is 0 Å². The van der Waals surface area contributed by atoms with Gasteiger partial charge in [-0.15, -0.1) is 11.3 Å². The number of hydrogen-bond donors (Lipinski definition) is 1. The third kappa shape index (κ3) is 2.42. The molecule has 0 saturated carbocycles. The molecule has 3 aromatic rings. The molecule has 0 atom stereocenters. The molecule has 0 aliphatic heterocycles. The Morgan fingerprint density at radius 2 is 1.95 bits per heavy atom. The maximum absolute atomic E-state index is 11.2. The molecule has 0 aliphatic rings. The van der Waals surface area contributed by atoms with Crippen molar-refractivity contribution in [3.05, 3.63) is 57.9 Å². The lowest BCUT2D eigenvalue weighted by Crippen LogP contribution is -1.99. The van der Waals surface area contributed by atoms with Crippen molar-refractivity contribution >= 4 is 43.3 Å². The fourth-order valence-corrected chi connectivity index (χ4v) is 3.32. The van der Waals surface area contributed by atoms with E-state index in [0.717, 1.165) is 14.6 Å². The molecule has 0 aliphatic carbocycles. The van der Waals surface area contributed by atoms with Crippen LogP contribution in [-0.4, -0.2) is 11.1 Å². The molecular weight excluding hydrogens is 340 g/mol. The van der Waals surface area contributed by atoms with Crippen LogP contribution in [-0.2, 0) is 0 Å². The first-order valence-corrected chi connectivity index (χ1v) is 7.49. The van der Waals surface area contributed by atoms with Crippen LogP contribution in [0.2, 0.25) is 0 Å². The predicted molar refractivity (Wildman–Crippen MR) is 83.0 cm³/mol. The lowest BCUT2D eigenvalue weighted by molar-refractivity contribution is 0.0694. The first-order chi connectivity index (χ1) is 9.65. The van der Waals surface area contributed by atoms with Gasteiger partial charge in [-0.05, 0) is 30.3 Å². The number of hydrogen-bond acceptors (Lipinski definition) is 3. The number of halogens is 1. The first kappa shape index (κ1) is 13.1. The summed E-state index contributed by atoms with van der Waals surface area (Å²) in [7, 11) is 0. The number of carbonyl (C=O) groups is 1. The summed E-state index contributed by atoms with van der Waals surface area (Å²) < 4.78 is 7.87. The molecule has 20 heavy (non-hydrogen) atoms. The zero-order valence-corrected chi connectivity index (χ0v) is 12.6. The molecule has 1 heterocycles. The number of ether oxygens (including phenoxy) is 1. The van der Waals surface area contributed by atoms with E-state index in [1.807, 2.05) is 23.6 Å². The minimum Gasteiger partial charge on any atom is -0.478 e. The van der Waals surface area contributed by atoms with E-state index in [4.69, 9.17) is 9.84 Å². The van der Waals surface area contributed by atoms with Crippen LogP contribution < -0.4 is 4.74 Å². The van der Waals surface area contributed by atoms with Gasteiger partial charge in [0.05, 0.1) is 0 Å². The van der Waals surface area contributed by atoms with Gasteiger partial charge in [0, 0.05) is 19.9 Å². The average Bonchev–Trinajstić information content (AvgIpc) is 2.81. The van der Waals surface area contributed by atoms with Gasteiger partial charge in [0.2, 0.25) is 0 Å². The predicted octanol–water partition coefficient (Wildman–Crippen LogP) is 5.15. The molecule has 0 amide bonds. The number of fused-ring (bicyclic) bond motifs is 1. The van der Waals surface area contributed by atoms with E-state index in [0.29, 0.717) is 11.5 Å². The molecule has 0 radical (unpaired) electrons. The number of thiophene rings is 1. The fourth-order valence-electron chi connectivity index (χ4n) is 1.91. The standard InChI is InChI=1S/C15H9BrO3S/c16-9-5-6-10-13(8-20-14(10)7-9)19-12-4-2-1-3-11(12)15(17)18/h1-8H,(H,17,18). The molecule has 2 aromatic carbocycles. The van der Waals surface area contributed by atoms with Crippen LogP contribution in [0.1, 0.15) is 10.4 Å². The van der Waals surface area contributed by atoms with E-state index in [9.17, 15) is 4.79 Å². The van der Waals surface area contributed by atoms with Gasteiger partial charge in [0.15, 0.2) is 0 Å². The van der Waals surface area contributed by atoms with Crippen LogP contribution in [0, 0.1) is 0 Å². The topological polar surface area (TPSA) is 46.5 Å². The van der Waals surface area contributed by atoms with Crippen molar-refractivity contribution in [1.82, 2.24) is 0 Å². The number of benzene rings is 2. The van der Waals surface area contributed by atoms with E-state index in [1.165, 1.54) is 6.07 Å². The third-order valence-electron chi connectivity index (χ3n) is 2.84. The number of aromatic carboxylic acids is 1. The quantitative estimate of drug-likeness (QED) is 0.711. The highest BCUT2D eigenvalue weighted by Gasteiger charge is 2.13. The average molecular weight is 349 g/mol. The molecule has 3 rings (SSSR count). The van der Waals surface area contributed by atoms with E-state index in [1.54, 1.807) is 29.5 Å². The Balaban J connectivity index is 2.04. The summed E-state index contributed by atoms with van der Waals surface area (Å²) in [6.07, 6.45) is 0. The van der Waals surface area contributed by atoms with Crippen molar-refractivity contribution in [2.75, 3.05) is 0 Å². The summed E-state index contributed by atoms with van der Waals surface area (Å²) in [6.45, 7) is 0. The van der Waals surface area contributed by atoms with Crippen LogP contribution in [0.5, 0.6) is 11.5 Å². The van der Waals surface area contributed by atoms with Crippen LogP contribution in [0.25, 0.3) is 10.1 Å². The SMILES string of the molecule is O=C(O)c1ccccc1Oc1csc2cc(Br)ccc12. The van der Waals surface area contributed by atoms with Gasteiger partial charge >= 0.3 is 5.97 Å². The smallest absolute Gasteiger partial charge is 0.339 e. The Morgan fingerprint density at radius 3 is 2.75 bits per heavy atom. The minimum atomic E-state index is -0.997. The second-order valence-electron chi connectivity index (χ2n) is 4.14. The third-order valence-corrected chi connectivity index (χ3v) is 4.26. The van der Waals surface area contributed by atoms with Gasteiger partial charge in [-0.2, -0.15) is 0 Å². The lowest BCUT2D eigenvalue weighted by atomic mass is 10.2. The molecule has 1 N–H and O–H groups in total. The number of rotatable bonds is 3. The molecule has 3 nitrogen and oxygen atoms in total. The Bertz CT molecular complexity index is 795. The van der Waals surface area contributed by atoms with Crippen LogP contribution in [0.4, 0.5) is 0 Å². The van der Waals surface area contributed by atoms with Crippen LogP contribution in [0.15, 0.2) is 52.3 Å². The molecule has 0 saturated heterocycles. The first-order valence-electron chi connectivity index (χ1n) is 5.82. The molecule has 100 valence electrons. The maximum Gasteiger partial charge on any atom is 0.339 e. The Hall–Kier alpha value is -1.85. The van der Waals surface area contributed by atoms with E-state index in [-0.39, 0.29) is 5.56 Å². The van der Waals surface area contributed by atoms with Crippen molar-refractivity contribution in [2.45, 2.75) is 0 Å². The van der Waals surface area contributed by atoms with Gasteiger partial charge in [-0.25, -0.2) is 4.79 Å². The lowest BCUT2D eigenvalue weighted by Gasteiger charge is -2.07. The maximum atomic E-state index is 11.2. The normalized spacial score (nSPS) is 10.7. The highest BCUT2D eigenvalue weighted by molar-refractivity contribution is 9.10. The summed E-state index contributed by atoms with van der Waals surface area (Å²) in [5, 5.41) is 12.0. The van der Waals surface area contributed by atoms with Crippen molar-refractivity contribution in [3.63, 3.8) is 0 Å². The molecule has 0 bridgehead atoms. The van der Waals surface area contributed by atoms with E-state index < -0.39 is 5.97 Å². The second kappa shape index (κ2) is 5.26. The van der Waals surface area contributed by atoms with Crippen molar-refractivity contribution in [1.29, 1.82) is 0 Å². The van der Waals surface area contributed by atoms with Gasteiger partial charge in [-0.3, -0.25) is 0 Å². The molecule has 0 spiro atoms. The van der Waals surface area contributed by atoms with E-state index >= 15 is 0 Å². The zero-order valence-electron chi connectivity index (χ0n) is 10.2. The molecule has 1 aromatic heterocycles. The summed E-state index contributed by atoms with van der Waals surface area (Å²) in [6, 6.07) is 12.5. The number of carboxylic acids is 1. The van der Waals surface area contributed by atoms with Crippen molar-refractivity contribution < 1.29 is 14.6 Å². The van der Waals surface area contributed by atoms with Crippen LogP contribution >= 0.6 is 27.3 Å².